The molecule has 3 rings (SSSR count). The molecule has 6 nitrogen and oxygen atoms in total. The van der Waals surface area contributed by atoms with Gasteiger partial charge in [0.05, 0.1) is 12.0 Å². The van der Waals surface area contributed by atoms with Gasteiger partial charge >= 0.3 is 0 Å². The van der Waals surface area contributed by atoms with Crippen molar-refractivity contribution in [2.75, 3.05) is 11.9 Å². The van der Waals surface area contributed by atoms with Crippen LogP contribution in [0.2, 0.25) is 0 Å². The van der Waals surface area contributed by atoms with Crippen molar-refractivity contribution in [2.45, 2.75) is 23.4 Å². The molecule has 0 atom stereocenters. The lowest BCUT2D eigenvalue weighted by atomic mass is 10.3. The first-order chi connectivity index (χ1) is 10.3. The molecule has 0 amide bonds. The van der Waals surface area contributed by atoms with E-state index in [0.29, 0.717) is 17.3 Å². The Morgan fingerprint density at radius 2 is 2.29 bits per heavy atom. The van der Waals surface area contributed by atoms with Crippen molar-refractivity contribution in [3.05, 3.63) is 30.2 Å². The zero-order valence-electron chi connectivity index (χ0n) is 11.4. The fourth-order valence-corrected chi connectivity index (χ4v) is 3.28. The molecule has 8 heteroatoms. The maximum absolute atomic E-state index is 5.27. The van der Waals surface area contributed by atoms with E-state index in [4.69, 9.17) is 8.94 Å². The zero-order chi connectivity index (χ0) is 14.5. The molecule has 0 bridgehead atoms. The number of rotatable bonds is 7. The number of nitrogens with zero attached hydrogens (tertiary/aromatic N) is 3. The Bertz CT molecular complexity index is 678. The van der Waals surface area contributed by atoms with E-state index in [1.165, 1.54) is 0 Å². The molecule has 0 unspecified atom stereocenters. The molecule has 0 saturated carbocycles. The van der Waals surface area contributed by atoms with Crippen LogP contribution < -0.4 is 5.32 Å². The number of thioether (sulfide) groups is 1. The second-order valence-corrected chi connectivity index (χ2v) is 6.45. The predicted octanol–water partition coefficient (Wildman–Crippen LogP) is 3.90. The fourth-order valence-electron chi connectivity index (χ4n) is 1.62. The summed E-state index contributed by atoms with van der Waals surface area (Å²) in [7, 11) is 0. The summed E-state index contributed by atoms with van der Waals surface area (Å²) >= 11 is 3.14. The van der Waals surface area contributed by atoms with E-state index in [1.807, 2.05) is 18.2 Å². The van der Waals surface area contributed by atoms with Gasteiger partial charge in [0.2, 0.25) is 10.9 Å². The maximum atomic E-state index is 5.27. The van der Waals surface area contributed by atoms with Gasteiger partial charge in [-0.25, -0.2) is 0 Å². The molecular weight excluding hydrogens is 308 g/mol. The number of aromatic nitrogens is 3. The van der Waals surface area contributed by atoms with Crippen molar-refractivity contribution in [2.24, 2.45) is 0 Å². The lowest BCUT2D eigenvalue weighted by Gasteiger charge is -1.95. The van der Waals surface area contributed by atoms with Crippen LogP contribution in [0.3, 0.4) is 0 Å². The van der Waals surface area contributed by atoms with E-state index in [-0.39, 0.29) is 0 Å². The van der Waals surface area contributed by atoms with Gasteiger partial charge < -0.3 is 14.3 Å². The number of anilines is 1. The Kier molecular flexibility index (Phi) is 4.56. The van der Waals surface area contributed by atoms with E-state index in [1.54, 1.807) is 29.4 Å². The highest BCUT2D eigenvalue weighted by molar-refractivity contribution is 8.00. The third-order valence-electron chi connectivity index (χ3n) is 2.60. The Labute approximate surface area is 129 Å². The highest BCUT2D eigenvalue weighted by atomic mass is 32.2. The highest BCUT2D eigenvalue weighted by Gasteiger charge is 2.11. The van der Waals surface area contributed by atoms with E-state index < -0.39 is 0 Å². The van der Waals surface area contributed by atoms with Crippen LogP contribution in [0.1, 0.15) is 19.0 Å². The standard InChI is InChI=1S/C13H14N4O2S2/c1-2-5-14-12-15-16-13(21-12)20-8-9-7-11(19-17-9)10-4-3-6-18-10/h3-4,6-7H,2,5,8H2,1H3,(H,14,15). The Hall–Kier alpha value is -1.80. The topological polar surface area (TPSA) is 77.0 Å². The first-order valence-electron chi connectivity index (χ1n) is 6.55. The van der Waals surface area contributed by atoms with E-state index in [0.717, 1.165) is 28.1 Å². The van der Waals surface area contributed by atoms with Crippen LogP contribution in [-0.2, 0) is 5.75 Å². The molecule has 0 fully saturated rings. The van der Waals surface area contributed by atoms with Gasteiger partial charge in [-0.1, -0.05) is 35.2 Å². The minimum Gasteiger partial charge on any atom is -0.461 e. The van der Waals surface area contributed by atoms with E-state index >= 15 is 0 Å². The maximum Gasteiger partial charge on any atom is 0.206 e. The molecule has 0 aromatic carbocycles. The predicted molar refractivity (Wildman–Crippen MR) is 82.5 cm³/mol. The smallest absolute Gasteiger partial charge is 0.206 e. The van der Waals surface area contributed by atoms with Crippen LogP contribution in [-0.4, -0.2) is 21.9 Å². The second kappa shape index (κ2) is 6.77. The first-order valence-corrected chi connectivity index (χ1v) is 8.35. The summed E-state index contributed by atoms with van der Waals surface area (Å²) < 4.78 is 11.4. The van der Waals surface area contributed by atoms with Crippen LogP contribution in [0.4, 0.5) is 5.13 Å². The fraction of sp³-hybridized carbons (Fsp3) is 0.308. The van der Waals surface area contributed by atoms with E-state index in [9.17, 15) is 0 Å². The number of hydrogen-bond donors (Lipinski definition) is 1. The first kappa shape index (κ1) is 14.2. The third kappa shape index (κ3) is 3.64. The van der Waals surface area contributed by atoms with Gasteiger partial charge in [0.15, 0.2) is 10.1 Å². The number of hydrogen-bond acceptors (Lipinski definition) is 8. The summed E-state index contributed by atoms with van der Waals surface area (Å²) in [5.74, 6) is 2.01. The molecule has 21 heavy (non-hydrogen) atoms. The summed E-state index contributed by atoms with van der Waals surface area (Å²) in [6, 6.07) is 5.54. The van der Waals surface area contributed by atoms with Gasteiger partial charge in [-0.05, 0) is 18.6 Å². The van der Waals surface area contributed by atoms with Gasteiger partial charge in [-0.15, -0.1) is 10.2 Å². The summed E-state index contributed by atoms with van der Waals surface area (Å²) in [6.45, 7) is 3.03. The summed E-state index contributed by atoms with van der Waals surface area (Å²) in [5, 5.41) is 16.3. The Balaban J connectivity index is 1.56. The molecule has 0 spiro atoms. The largest absolute Gasteiger partial charge is 0.461 e. The van der Waals surface area contributed by atoms with Crippen LogP contribution in [0.15, 0.2) is 37.7 Å². The molecule has 3 heterocycles. The number of furan rings is 1. The van der Waals surface area contributed by atoms with Crippen LogP contribution in [0.25, 0.3) is 11.5 Å². The summed E-state index contributed by atoms with van der Waals surface area (Å²) in [6.07, 6.45) is 2.68. The Morgan fingerprint density at radius 1 is 1.33 bits per heavy atom. The van der Waals surface area contributed by atoms with Gasteiger partial charge in [0.25, 0.3) is 0 Å². The van der Waals surface area contributed by atoms with Gasteiger partial charge in [0, 0.05) is 18.4 Å². The van der Waals surface area contributed by atoms with Crippen LogP contribution in [0.5, 0.6) is 0 Å². The average molecular weight is 322 g/mol. The van der Waals surface area contributed by atoms with Crippen molar-refractivity contribution in [3.8, 4) is 11.5 Å². The molecule has 0 aliphatic heterocycles. The third-order valence-corrected chi connectivity index (χ3v) is 4.65. The molecule has 0 saturated heterocycles. The van der Waals surface area contributed by atoms with Crippen molar-refractivity contribution < 1.29 is 8.94 Å². The lowest BCUT2D eigenvalue weighted by molar-refractivity contribution is 0.413. The molecule has 110 valence electrons. The average Bonchev–Trinajstić information content (AvgIpc) is 3.22. The van der Waals surface area contributed by atoms with Gasteiger partial charge in [-0.2, -0.15) is 0 Å². The molecule has 0 aliphatic rings. The lowest BCUT2D eigenvalue weighted by Crippen LogP contribution is -1.98. The van der Waals surface area contributed by atoms with Gasteiger partial charge in [-0.3, -0.25) is 0 Å². The van der Waals surface area contributed by atoms with E-state index in [2.05, 4.69) is 27.6 Å². The molecular formula is C13H14N4O2S2. The van der Waals surface area contributed by atoms with Crippen molar-refractivity contribution >= 4 is 28.2 Å². The molecule has 0 radical (unpaired) electrons. The van der Waals surface area contributed by atoms with Crippen LogP contribution in [0, 0.1) is 0 Å². The molecule has 0 aliphatic carbocycles. The van der Waals surface area contributed by atoms with Crippen molar-refractivity contribution in [3.63, 3.8) is 0 Å². The minimum absolute atomic E-state index is 0.637. The monoisotopic (exact) mass is 322 g/mol. The summed E-state index contributed by atoms with van der Waals surface area (Å²) in [4.78, 5) is 0. The highest BCUT2D eigenvalue weighted by Crippen LogP contribution is 2.29. The minimum atomic E-state index is 0.637. The Morgan fingerprint density at radius 3 is 3.10 bits per heavy atom. The molecule has 3 aromatic heterocycles. The zero-order valence-corrected chi connectivity index (χ0v) is 13.0. The second-order valence-electron chi connectivity index (χ2n) is 4.25. The van der Waals surface area contributed by atoms with Crippen LogP contribution >= 0.6 is 23.1 Å². The molecule has 3 aromatic rings. The quantitative estimate of drug-likeness (QED) is 0.661. The van der Waals surface area contributed by atoms with Gasteiger partial charge in [0.1, 0.15) is 0 Å². The molecule has 1 N–H and O–H groups in total. The van der Waals surface area contributed by atoms with Crippen molar-refractivity contribution in [1.82, 2.24) is 15.4 Å². The van der Waals surface area contributed by atoms with Crippen molar-refractivity contribution in [1.29, 1.82) is 0 Å². The number of nitrogens with one attached hydrogen (secondary N) is 1. The normalized spacial score (nSPS) is 10.9. The SMILES string of the molecule is CCCNc1nnc(SCc2cc(-c3ccco3)on2)s1. The summed E-state index contributed by atoms with van der Waals surface area (Å²) in [5.41, 5.74) is 0.852.